The molecule has 1 aromatic carbocycles. The fraction of sp³-hybridized carbons (Fsp3) is 0.625. The predicted molar refractivity (Wildman–Crippen MR) is 85.3 cm³/mol. The van der Waals surface area contributed by atoms with E-state index in [1.54, 1.807) is 0 Å². The van der Waals surface area contributed by atoms with Gasteiger partial charge in [-0.1, -0.05) is 6.07 Å². The van der Waals surface area contributed by atoms with E-state index in [9.17, 15) is 17.4 Å². The fourth-order valence-corrected chi connectivity index (χ4v) is 4.43. The largest absolute Gasteiger partial charge is 0.416 e. The van der Waals surface area contributed by atoms with Gasteiger partial charge in [0.2, 0.25) is 0 Å². The Morgan fingerprint density at radius 3 is 2.39 bits per heavy atom. The third kappa shape index (κ3) is 4.55. The molecule has 0 N–H and O–H groups in total. The summed E-state index contributed by atoms with van der Waals surface area (Å²) in [5.41, 5.74) is -0.754. The van der Waals surface area contributed by atoms with Gasteiger partial charge in [-0.15, -0.1) is 0 Å². The van der Waals surface area contributed by atoms with Crippen molar-refractivity contribution < 1.29 is 17.4 Å². The van der Waals surface area contributed by atoms with Crippen molar-refractivity contribution in [2.24, 2.45) is 0 Å². The first-order valence-electron chi connectivity index (χ1n) is 7.76. The van der Waals surface area contributed by atoms with Crippen LogP contribution in [0.5, 0.6) is 0 Å². The van der Waals surface area contributed by atoms with Gasteiger partial charge in [-0.25, -0.2) is 8.51 Å². The second-order valence-electron chi connectivity index (χ2n) is 6.26. The summed E-state index contributed by atoms with van der Waals surface area (Å²) in [4.78, 5) is 2.43. The SMILES string of the molecule is CC(C)N(C1CCN(C)CC1)S(=O)c1cccc(C(F)(F)F)c1. The zero-order valence-corrected chi connectivity index (χ0v) is 14.5. The normalized spacial score (nSPS) is 19.5. The molecular formula is C16H23F3N2OS. The van der Waals surface area contributed by atoms with Crippen LogP contribution in [-0.2, 0) is 17.2 Å². The van der Waals surface area contributed by atoms with Crippen LogP contribution in [0, 0.1) is 0 Å². The van der Waals surface area contributed by atoms with Gasteiger partial charge in [-0.2, -0.15) is 13.2 Å². The Morgan fingerprint density at radius 1 is 1.26 bits per heavy atom. The molecule has 7 heteroatoms. The molecule has 130 valence electrons. The minimum Gasteiger partial charge on any atom is -0.306 e. The van der Waals surface area contributed by atoms with E-state index < -0.39 is 22.7 Å². The van der Waals surface area contributed by atoms with Gasteiger partial charge >= 0.3 is 6.18 Å². The number of likely N-dealkylation sites (tertiary alicyclic amines) is 1. The molecular weight excluding hydrogens is 325 g/mol. The number of rotatable bonds is 4. The number of benzene rings is 1. The number of halogens is 3. The fourth-order valence-electron chi connectivity index (χ4n) is 2.90. The molecule has 0 amide bonds. The van der Waals surface area contributed by atoms with E-state index in [0.717, 1.165) is 38.1 Å². The zero-order chi connectivity index (χ0) is 17.2. The molecule has 1 unspecified atom stereocenters. The summed E-state index contributed by atoms with van der Waals surface area (Å²) in [6, 6.07) is 4.97. The van der Waals surface area contributed by atoms with Crippen LogP contribution in [0.25, 0.3) is 0 Å². The molecule has 23 heavy (non-hydrogen) atoms. The van der Waals surface area contributed by atoms with Crippen molar-refractivity contribution in [3.63, 3.8) is 0 Å². The highest BCUT2D eigenvalue weighted by molar-refractivity contribution is 7.82. The standard InChI is InChI=1S/C16H23F3N2OS/c1-12(2)21(14-7-9-20(3)10-8-14)23(22)15-6-4-5-13(11-15)16(17,18)19/h4-6,11-12,14H,7-10H2,1-3H3. The van der Waals surface area contributed by atoms with Crippen LogP contribution in [0.4, 0.5) is 13.2 Å². The molecule has 1 fully saturated rings. The van der Waals surface area contributed by atoms with Crippen molar-refractivity contribution in [1.82, 2.24) is 9.21 Å². The summed E-state index contributed by atoms with van der Waals surface area (Å²) in [6.45, 7) is 5.69. The molecule has 2 rings (SSSR count). The second-order valence-corrected chi connectivity index (χ2v) is 7.65. The highest BCUT2D eigenvalue weighted by atomic mass is 32.2. The Balaban J connectivity index is 2.25. The van der Waals surface area contributed by atoms with Crippen LogP contribution >= 0.6 is 0 Å². The molecule has 0 radical (unpaired) electrons. The van der Waals surface area contributed by atoms with Crippen LogP contribution < -0.4 is 0 Å². The Kier molecular flexibility index (Phi) is 5.86. The molecule has 1 atom stereocenters. The van der Waals surface area contributed by atoms with Gasteiger partial charge in [0.15, 0.2) is 0 Å². The van der Waals surface area contributed by atoms with Gasteiger partial charge in [0.1, 0.15) is 11.0 Å². The maximum atomic E-state index is 12.9. The molecule has 0 bridgehead atoms. The third-order valence-corrected chi connectivity index (χ3v) is 5.87. The predicted octanol–water partition coefficient (Wildman–Crippen LogP) is 3.53. The lowest BCUT2D eigenvalue weighted by Gasteiger charge is -2.38. The van der Waals surface area contributed by atoms with E-state index in [4.69, 9.17) is 0 Å². The number of nitrogens with zero attached hydrogens (tertiary/aromatic N) is 2. The highest BCUT2D eigenvalue weighted by Gasteiger charge is 2.33. The third-order valence-electron chi connectivity index (χ3n) is 4.11. The number of hydrogen-bond donors (Lipinski definition) is 0. The van der Waals surface area contributed by atoms with Crippen molar-refractivity contribution in [2.45, 2.75) is 49.8 Å². The lowest BCUT2D eigenvalue weighted by Crippen LogP contribution is -2.47. The monoisotopic (exact) mass is 348 g/mol. The second kappa shape index (κ2) is 7.32. The topological polar surface area (TPSA) is 23.6 Å². The Labute approximate surface area is 138 Å². The number of hydrogen-bond acceptors (Lipinski definition) is 2. The van der Waals surface area contributed by atoms with Gasteiger partial charge in [-0.05, 0) is 65.0 Å². The first-order chi connectivity index (χ1) is 10.7. The van der Waals surface area contributed by atoms with E-state index in [-0.39, 0.29) is 17.0 Å². The van der Waals surface area contributed by atoms with Gasteiger partial charge < -0.3 is 4.90 Å². The maximum Gasteiger partial charge on any atom is 0.416 e. The molecule has 1 saturated heterocycles. The Bertz CT molecular complexity index is 555. The first kappa shape index (κ1) is 18.4. The van der Waals surface area contributed by atoms with Crippen molar-refractivity contribution in [3.8, 4) is 0 Å². The molecule has 0 spiro atoms. The van der Waals surface area contributed by atoms with Crippen molar-refractivity contribution in [2.75, 3.05) is 20.1 Å². The van der Waals surface area contributed by atoms with E-state index in [1.807, 2.05) is 25.2 Å². The molecule has 0 saturated carbocycles. The number of piperidine rings is 1. The van der Waals surface area contributed by atoms with E-state index in [2.05, 4.69) is 4.90 Å². The van der Waals surface area contributed by atoms with Crippen LogP contribution in [0.2, 0.25) is 0 Å². The van der Waals surface area contributed by atoms with Crippen molar-refractivity contribution in [3.05, 3.63) is 29.8 Å². The number of alkyl halides is 3. The van der Waals surface area contributed by atoms with Crippen LogP contribution in [0.1, 0.15) is 32.3 Å². The molecule has 1 heterocycles. The van der Waals surface area contributed by atoms with E-state index in [1.165, 1.54) is 12.1 Å². The van der Waals surface area contributed by atoms with E-state index in [0.29, 0.717) is 0 Å². The summed E-state index contributed by atoms with van der Waals surface area (Å²) in [6.07, 6.45) is -2.67. The van der Waals surface area contributed by atoms with Crippen LogP contribution in [0.3, 0.4) is 0 Å². The highest BCUT2D eigenvalue weighted by Crippen LogP contribution is 2.31. The van der Waals surface area contributed by atoms with Crippen LogP contribution in [0.15, 0.2) is 29.2 Å². The van der Waals surface area contributed by atoms with Crippen molar-refractivity contribution in [1.29, 1.82) is 0 Å². The molecule has 3 nitrogen and oxygen atoms in total. The minimum absolute atomic E-state index is 0.00113. The van der Waals surface area contributed by atoms with Gasteiger partial charge in [-0.3, -0.25) is 0 Å². The zero-order valence-electron chi connectivity index (χ0n) is 13.6. The summed E-state index contributed by atoms with van der Waals surface area (Å²) < 4.78 is 53.4. The molecule has 1 aromatic rings. The van der Waals surface area contributed by atoms with Gasteiger partial charge in [0, 0.05) is 12.1 Å². The van der Waals surface area contributed by atoms with Crippen molar-refractivity contribution >= 4 is 11.0 Å². The summed E-state index contributed by atoms with van der Waals surface area (Å²) in [5.74, 6) is 0. The Hall–Kier alpha value is -0.920. The summed E-state index contributed by atoms with van der Waals surface area (Å²) in [5, 5.41) is 0. The molecule has 0 aromatic heterocycles. The lowest BCUT2D eigenvalue weighted by atomic mass is 10.0. The summed E-state index contributed by atoms with van der Waals surface area (Å²) >= 11 is 0. The molecule has 0 aliphatic carbocycles. The first-order valence-corrected chi connectivity index (χ1v) is 8.87. The average molecular weight is 348 g/mol. The van der Waals surface area contributed by atoms with Crippen LogP contribution in [-0.4, -0.2) is 45.6 Å². The smallest absolute Gasteiger partial charge is 0.306 e. The van der Waals surface area contributed by atoms with Gasteiger partial charge in [0.25, 0.3) is 0 Å². The summed E-state index contributed by atoms with van der Waals surface area (Å²) in [7, 11) is 0.451. The van der Waals surface area contributed by atoms with Gasteiger partial charge in [0.05, 0.1) is 10.5 Å². The molecule has 1 aliphatic rings. The van der Waals surface area contributed by atoms with E-state index >= 15 is 0 Å². The minimum atomic E-state index is -4.42. The molecule has 1 aliphatic heterocycles. The lowest BCUT2D eigenvalue weighted by molar-refractivity contribution is -0.137. The average Bonchev–Trinajstić information content (AvgIpc) is 2.48. The quantitative estimate of drug-likeness (QED) is 0.831. The Morgan fingerprint density at radius 2 is 1.87 bits per heavy atom. The maximum absolute atomic E-state index is 12.9.